The highest BCUT2D eigenvalue weighted by Gasteiger charge is 2.29. The molecule has 256 valence electrons. The summed E-state index contributed by atoms with van der Waals surface area (Å²) < 4.78 is 6.27. The van der Waals surface area contributed by atoms with Gasteiger partial charge in [0.05, 0.1) is 29.7 Å². The Morgan fingerprint density at radius 1 is 0.787 bits per heavy atom. The highest BCUT2D eigenvalue weighted by atomic mass is 16.5. The molecule has 11 heteroatoms. The molecule has 0 atom stereocenters. The molecule has 3 aliphatic rings. The van der Waals surface area contributed by atoms with E-state index in [9.17, 15) is 24.6 Å². The van der Waals surface area contributed by atoms with E-state index in [1.807, 2.05) is 39.0 Å². The number of rotatable bonds is 8. The SMILES string of the molecule is O=C(CN1CCCCCCOc2ccccc2N(CC(=O)N2CCC(CCO)CC2)c2cncc(c2)C1=O)N1CCC(CCO)CC1. The monoisotopic (exact) mass is 649 g/mol. The maximum absolute atomic E-state index is 14.1. The molecule has 3 aliphatic heterocycles. The average molecular weight is 650 g/mol. The summed E-state index contributed by atoms with van der Waals surface area (Å²) in [5, 5.41) is 18.7. The Labute approximate surface area is 278 Å². The number of para-hydroxylation sites is 2. The molecule has 0 unspecified atom stereocenters. The van der Waals surface area contributed by atoms with Crippen LogP contribution in [0.2, 0.25) is 0 Å². The molecule has 0 radical (unpaired) electrons. The molecule has 0 saturated carbocycles. The van der Waals surface area contributed by atoms with Crippen molar-refractivity contribution >= 4 is 29.1 Å². The van der Waals surface area contributed by atoms with E-state index in [1.165, 1.54) is 6.20 Å². The summed E-state index contributed by atoms with van der Waals surface area (Å²) in [5.74, 6) is 1.20. The summed E-state index contributed by atoms with van der Waals surface area (Å²) in [6.07, 6.45) is 11.7. The van der Waals surface area contributed by atoms with Crippen LogP contribution in [0.3, 0.4) is 0 Å². The lowest BCUT2D eigenvalue weighted by Gasteiger charge is -2.34. The van der Waals surface area contributed by atoms with Crippen LogP contribution in [0.25, 0.3) is 0 Å². The van der Waals surface area contributed by atoms with Crippen molar-refractivity contribution in [3.8, 4) is 5.75 Å². The van der Waals surface area contributed by atoms with Crippen molar-refractivity contribution in [3.63, 3.8) is 0 Å². The summed E-state index contributed by atoms with van der Waals surface area (Å²) in [6.45, 7) is 3.97. The first-order valence-corrected chi connectivity index (χ1v) is 17.5. The van der Waals surface area contributed by atoms with Gasteiger partial charge in [-0.25, -0.2) is 0 Å². The van der Waals surface area contributed by atoms with E-state index in [1.54, 1.807) is 17.2 Å². The number of hydrogen-bond acceptors (Lipinski definition) is 8. The van der Waals surface area contributed by atoms with Crippen molar-refractivity contribution in [2.24, 2.45) is 11.8 Å². The third-order valence-electron chi connectivity index (χ3n) is 9.93. The Kier molecular flexibility index (Phi) is 12.9. The number of pyridine rings is 1. The zero-order valence-electron chi connectivity index (χ0n) is 27.6. The molecule has 1 aromatic carbocycles. The summed E-state index contributed by atoms with van der Waals surface area (Å²) in [7, 11) is 0. The molecular formula is C36H51N5O6. The number of piperidine rings is 2. The zero-order chi connectivity index (χ0) is 33.0. The van der Waals surface area contributed by atoms with E-state index in [-0.39, 0.29) is 44.0 Å². The van der Waals surface area contributed by atoms with Crippen molar-refractivity contribution in [2.45, 2.75) is 64.2 Å². The normalized spacial score (nSPS) is 19.1. The van der Waals surface area contributed by atoms with Crippen LogP contribution in [0.1, 0.15) is 74.6 Å². The van der Waals surface area contributed by atoms with Crippen LogP contribution in [0.4, 0.5) is 11.4 Å². The largest absolute Gasteiger partial charge is 0.491 e. The van der Waals surface area contributed by atoms with Crippen molar-refractivity contribution in [3.05, 3.63) is 48.3 Å². The second-order valence-corrected chi connectivity index (χ2v) is 13.1. The Morgan fingerprint density at radius 2 is 1.40 bits per heavy atom. The third kappa shape index (κ3) is 9.44. The van der Waals surface area contributed by atoms with E-state index in [2.05, 4.69) is 4.98 Å². The number of carbonyl (C=O) groups excluding carboxylic acids is 3. The highest BCUT2D eigenvalue weighted by Crippen LogP contribution is 2.35. The van der Waals surface area contributed by atoms with Crippen LogP contribution in [0, 0.1) is 11.8 Å². The van der Waals surface area contributed by atoms with E-state index in [0.717, 1.165) is 69.9 Å². The Balaban J connectivity index is 1.38. The number of anilines is 2. The summed E-state index contributed by atoms with van der Waals surface area (Å²) in [5.41, 5.74) is 1.70. The number of carbonyl (C=O) groups is 3. The van der Waals surface area contributed by atoms with Crippen molar-refractivity contribution in [2.75, 3.05) is 70.5 Å². The van der Waals surface area contributed by atoms with Crippen LogP contribution in [0.5, 0.6) is 5.75 Å². The fourth-order valence-corrected chi connectivity index (χ4v) is 6.99. The molecule has 2 saturated heterocycles. The van der Waals surface area contributed by atoms with Gasteiger partial charge in [0, 0.05) is 52.1 Å². The number of hydrogen-bond donors (Lipinski definition) is 2. The first-order chi connectivity index (χ1) is 23.0. The third-order valence-corrected chi connectivity index (χ3v) is 9.93. The Morgan fingerprint density at radius 3 is 2.06 bits per heavy atom. The Bertz CT molecular complexity index is 1320. The predicted octanol–water partition coefficient (Wildman–Crippen LogP) is 3.86. The molecule has 1 aromatic heterocycles. The summed E-state index contributed by atoms with van der Waals surface area (Å²) in [4.78, 5) is 52.9. The van der Waals surface area contributed by atoms with Gasteiger partial charge in [0.2, 0.25) is 11.8 Å². The number of aliphatic hydroxyl groups excluding tert-OH is 2. The summed E-state index contributed by atoms with van der Waals surface area (Å²) in [6, 6.07) is 9.44. The molecule has 4 heterocycles. The molecule has 47 heavy (non-hydrogen) atoms. The number of aliphatic hydroxyl groups is 2. The standard InChI is InChI=1S/C36H51N5O6/c42-20-13-28-9-16-38(17-10-28)34(44)26-40-15-5-1-2-6-22-47-33-8-4-3-7-32(33)41(31-23-30(36(40)46)24-37-25-31)27-35(45)39-18-11-29(12-19-39)14-21-43/h3-4,7-8,23-25,28-29,42-43H,1-2,5-6,9-22,26-27H2. The number of likely N-dealkylation sites (tertiary alicyclic amines) is 2. The number of benzene rings is 1. The lowest BCUT2D eigenvalue weighted by atomic mass is 9.94. The molecule has 2 aromatic rings. The van der Waals surface area contributed by atoms with Crippen LogP contribution >= 0.6 is 0 Å². The fraction of sp³-hybridized carbons (Fsp3) is 0.611. The van der Waals surface area contributed by atoms with E-state index >= 15 is 0 Å². The molecule has 2 N–H and O–H groups in total. The molecule has 11 nitrogen and oxygen atoms in total. The zero-order valence-corrected chi connectivity index (χ0v) is 27.6. The number of aromatic nitrogens is 1. The average Bonchev–Trinajstić information content (AvgIpc) is 3.10. The first kappa shape index (κ1) is 34.6. The highest BCUT2D eigenvalue weighted by molar-refractivity contribution is 5.97. The topological polar surface area (TPSA) is 127 Å². The smallest absolute Gasteiger partial charge is 0.255 e. The fourth-order valence-electron chi connectivity index (χ4n) is 6.99. The molecule has 3 amide bonds. The van der Waals surface area contributed by atoms with Crippen molar-refractivity contribution in [1.29, 1.82) is 0 Å². The van der Waals surface area contributed by atoms with Gasteiger partial charge in [-0.05, 0) is 81.4 Å². The quantitative estimate of drug-likeness (QED) is 0.442. The van der Waals surface area contributed by atoms with Gasteiger partial charge >= 0.3 is 0 Å². The second-order valence-electron chi connectivity index (χ2n) is 13.1. The number of fused-ring (bicyclic) bond motifs is 3. The van der Waals surface area contributed by atoms with Gasteiger partial charge in [-0.1, -0.05) is 25.0 Å². The van der Waals surface area contributed by atoms with Crippen LogP contribution < -0.4 is 9.64 Å². The van der Waals surface area contributed by atoms with E-state index in [4.69, 9.17) is 4.74 Å². The molecule has 2 bridgehead atoms. The number of amides is 3. The van der Waals surface area contributed by atoms with Gasteiger partial charge in [0.25, 0.3) is 5.91 Å². The minimum absolute atomic E-state index is 0.00804. The van der Waals surface area contributed by atoms with Crippen LogP contribution in [-0.4, -0.2) is 113 Å². The molecule has 0 spiro atoms. The van der Waals surface area contributed by atoms with Gasteiger partial charge in [-0.15, -0.1) is 0 Å². The van der Waals surface area contributed by atoms with Gasteiger partial charge in [-0.2, -0.15) is 0 Å². The molecular weight excluding hydrogens is 598 g/mol. The minimum Gasteiger partial charge on any atom is -0.491 e. The number of ether oxygens (including phenoxy) is 1. The van der Waals surface area contributed by atoms with E-state index < -0.39 is 0 Å². The van der Waals surface area contributed by atoms with Crippen LogP contribution in [0.15, 0.2) is 42.7 Å². The molecule has 0 aliphatic carbocycles. The minimum atomic E-state index is -0.250. The van der Waals surface area contributed by atoms with Gasteiger partial charge < -0.3 is 34.5 Å². The van der Waals surface area contributed by atoms with Gasteiger partial charge in [-0.3, -0.25) is 19.4 Å². The van der Waals surface area contributed by atoms with E-state index in [0.29, 0.717) is 68.2 Å². The number of nitrogens with zero attached hydrogens (tertiary/aromatic N) is 5. The maximum atomic E-state index is 14.1. The molecule has 2 fully saturated rings. The lowest BCUT2D eigenvalue weighted by molar-refractivity contribution is -0.133. The van der Waals surface area contributed by atoms with Gasteiger partial charge in [0.1, 0.15) is 18.8 Å². The van der Waals surface area contributed by atoms with Crippen LogP contribution in [-0.2, 0) is 9.59 Å². The maximum Gasteiger partial charge on any atom is 0.255 e. The molecule has 5 rings (SSSR count). The second kappa shape index (κ2) is 17.5. The predicted molar refractivity (Wildman–Crippen MR) is 180 cm³/mol. The van der Waals surface area contributed by atoms with Crippen molar-refractivity contribution in [1.82, 2.24) is 19.7 Å². The summed E-state index contributed by atoms with van der Waals surface area (Å²) >= 11 is 0. The first-order valence-electron chi connectivity index (χ1n) is 17.5. The lowest BCUT2D eigenvalue weighted by Crippen LogP contribution is -2.46. The Hall–Kier alpha value is -3.70. The van der Waals surface area contributed by atoms with Crippen molar-refractivity contribution < 1.29 is 29.3 Å². The van der Waals surface area contributed by atoms with Gasteiger partial charge in [0.15, 0.2) is 0 Å².